The SMILES string of the molecule is CNC(c1cncnc1)c1ccc(Br)cc1C(F)(F)F. The lowest BCUT2D eigenvalue weighted by molar-refractivity contribution is -0.138. The van der Waals surface area contributed by atoms with Crippen LogP contribution in [0.25, 0.3) is 0 Å². The van der Waals surface area contributed by atoms with Crippen LogP contribution in [0.4, 0.5) is 13.2 Å². The van der Waals surface area contributed by atoms with Crippen LogP contribution in [0.3, 0.4) is 0 Å². The summed E-state index contributed by atoms with van der Waals surface area (Å²) in [7, 11) is 1.60. The van der Waals surface area contributed by atoms with Gasteiger partial charge in [0.25, 0.3) is 0 Å². The Morgan fingerprint density at radius 3 is 2.40 bits per heavy atom. The highest BCUT2D eigenvalue weighted by atomic mass is 79.9. The van der Waals surface area contributed by atoms with Crippen molar-refractivity contribution >= 4 is 15.9 Å². The zero-order valence-corrected chi connectivity index (χ0v) is 12.0. The Balaban J connectivity index is 2.56. The average Bonchev–Trinajstić information content (AvgIpc) is 2.41. The first-order valence-corrected chi connectivity index (χ1v) is 6.51. The Hall–Kier alpha value is -1.47. The van der Waals surface area contributed by atoms with Gasteiger partial charge in [0.05, 0.1) is 11.6 Å². The molecule has 20 heavy (non-hydrogen) atoms. The van der Waals surface area contributed by atoms with E-state index in [1.54, 1.807) is 13.1 Å². The van der Waals surface area contributed by atoms with Crippen LogP contribution in [0.15, 0.2) is 41.4 Å². The van der Waals surface area contributed by atoms with Crippen molar-refractivity contribution in [2.75, 3.05) is 7.05 Å². The molecule has 106 valence electrons. The van der Waals surface area contributed by atoms with Gasteiger partial charge in [-0.1, -0.05) is 22.0 Å². The standard InChI is InChI=1S/C13H11BrF3N3/c1-18-12(8-5-19-7-20-6-8)10-3-2-9(14)4-11(10)13(15,16)17/h2-7,12,18H,1H3. The van der Waals surface area contributed by atoms with Gasteiger partial charge in [0, 0.05) is 22.4 Å². The third-order valence-electron chi connectivity index (χ3n) is 2.83. The fourth-order valence-corrected chi connectivity index (χ4v) is 2.35. The van der Waals surface area contributed by atoms with Crippen LogP contribution in [0.2, 0.25) is 0 Å². The van der Waals surface area contributed by atoms with Gasteiger partial charge in [-0.2, -0.15) is 13.2 Å². The summed E-state index contributed by atoms with van der Waals surface area (Å²) < 4.78 is 39.9. The van der Waals surface area contributed by atoms with E-state index in [0.717, 1.165) is 6.07 Å². The van der Waals surface area contributed by atoms with Gasteiger partial charge in [0.15, 0.2) is 0 Å². The maximum absolute atomic E-state index is 13.2. The lowest BCUT2D eigenvalue weighted by Crippen LogP contribution is -2.22. The van der Waals surface area contributed by atoms with Crippen LogP contribution in [-0.4, -0.2) is 17.0 Å². The molecule has 0 saturated carbocycles. The minimum Gasteiger partial charge on any atom is -0.309 e. The zero-order chi connectivity index (χ0) is 14.8. The Morgan fingerprint density at radius 1 is 1.20 bits per heavy atom. The third-order valence-corrected chi connectivity index (χ3v) is 3.33. The molecule has 3 nitrogen and oxygen atoms in total. The largest absolute Gasteiger partial charge is 0.416 e. The summed E-state index contributed by atoms with van der Waals surface area (Å²) in [6.45, 7) is 0. The molecule has 1 atom stereocenters. The first-order chi connectivity index (χ1) is 9.43. The van der Waals surface area contributed by atoms with Crippen molar-refractivity contribution in [1.29, 1.82) is 0 Å². The monoisotopic (exact) mass is 345 g/mol. The molecular weight excluding hydrogens is 335 g/mol. The molecule has 1 aromatic heterocycles. The Bertz CT molecular complexity index is 587. The van der Waals surface area contributed by atoms with Crippen molar-refractivity contribution < 1.29 is 13.2 Å². The van der Waals surface area contributed by atoms with E-state index in [1.165, 1.54) is 24.8 Å². The van der Waals surface area contributed by atoms with E-state index in [2.05, 4.69) is 31.2 Å². The number of alkyl halides is 3. The average molecular weight is 346 g/mol. The van der Waals surface area contributed by atoms with Crippen molar-refractivity contribution in [3.8, 4) is 0 Å². The number of nitrogens with zero attached hydrogens (tertiary/aromatic N) is 2. The van der Waals surface area contributed by atoms with Crippen LogP contribution in [0, 0.1) is 0 Å². The molecule has 0 aliphatic heterocycles. The van der Waals surface area contributed by atoms with Gasteiger partial charge in [0.2, 0.25) is 0 Å². The molecule has 2 rings (SSSR count). The smallest absolute Gasteiger partial charge is 0.309 e. The normalized spacial score (nSPS) is 13.2. The number of nitrogens with one attached hydrogen (secondary N) is 1. The number of aromatic nitrogens is 2. The molecule has 7 heteroatoms. The van der Waals surface area contributed by atoms with Crippen molar-refractivity contribution in [3.63, 3.8) is 0 Å². The van der Waals surface area contributed by atoms with E-state index in [0.29, 0.717) is 10.0 Å². The van der Waals surface area contributed by atoms with E-state index in [4.69, 9.17) is 0 Å². The minimum atomic E-state index is -4.43. The highest BCUT2D eigenvalue weighted by Crippen LogP contribution is 2.37. The maximum atomic E-state index is 13.2. The van der Waals surface area contributed by atoms with Gasteiger partial charge in [-0.3, -0.25) is 0 Å². The topological polar surface area (TPSA) is 37.8 Å². The Kier molecular flexibility index (Phi) is 4.39. The molecule has 1 heterocycles. The second kappa shape index (κ2) is 5.88. The van der Waals surface area contributed by atoms with Gasteiger partial charge in [-0.15, -0.1) is 0 Å². The van der Waals surface area contributed by atoms with Crippen LogP contribution < -0.4 is 5.32 Å². The Labute approximate surface area is 122 Å². The molecule has 0 bridgehead atoms. The summed E-state index contributed by atoms with van der Waals surface area (Å²) in [5, 5.41) is 2.87. The molecule has 1 N–H and O–H groups in total. The summed E-state index contributed by atoms with van der Waals surface area (Å²) >= 11 is 3.07. The van der Waals surface area contributed by atoms with E-state index >= 15 is 0 Å². The van der Waals surface area contributed by atoms with Crippen molar-refractivity contribution in [3.05, 3.63) is 58.1 Å². The van der Waals surface area contributed by atoms with Gasteiger partial charge in [0.1, 0.15) is 6.33 Å². The second-order valence-corrected chi connectivity index (χ2v) is 5.04. The molecule has 0 fully saturated rings. The zero-order valence-electron chi connectivity index (χ0n) is 10.4. The van der Waals surface area contributed by atoms with Gasteiger partial charge < -0.3 is 5.32 Å². The summed E-state index contributed by atoms with van der Waals surface area (Å²) in [6, 6.07) is 3.48. The van der Waals surface area contributed by atoms with E-state index < -0.39 is 17.8 Å². The summed E-state index contributed by atoms with van der Waals surface area (Å²) in [6.07, 6.45) is -0.0982. The molecule has 0 aliphatic carbocycles. The summed E-state index contributed by atoms with van der Waals surface area (Å²) in [5.41, 5.74) is 0.0240. The van der Waals surface area contributed by atoms with Crippen LogP contribution in [0.1, 0.15) is 22.7 Å². The molecule has 0 radical (unpaired) electrons. The molecule has 0 spiro atoms. The fraction of sp³-hybridized carbons (Fsp3) is 0.231. The number of benzene rings is 1. The van der Waals surface area contributed by atoms with Crippen molar-refractivity contribution in [1.82, 2.24) is 15.3 Å². The summed E-state index contributed by atoms with van der Waals surface area (Å²) in [4.78, 5) is 7.69. The first-order valence-electron chi connectivity index (χ1n) is 5.72. The lowest BCUT2D eigenvalue weighted by Gasteiger charge is -2.21. The van der Waals surface area contributed by atoms with E-state index in [9.17, 15) is 13.2 Å². The van der Waals surface area contributed by atoms with Crippen molar-refractivity contribution in [2.24, 2.45) is 0 Å². The van der Waals surface area contributed by atoms with E-state index in [1.807, 2.05) is 0 Å². The van der Waals surface area contributed by atoms with E-state index in [-0.39, 0.29) is 5.56 Å². The number of halogens is 4. The number of hydrogen-bond donors (Lipinski definition) is 1. The molecule has 0 saturated heterocycles. The van der Waals surface area contributed by atoms with Crippen LogP contribution in [-0.2, 0) is 6.18 Å². The maximum Gasteiger partial charge on any atom is 0.416 e. The highest BCUT2D eigenvalue weighted by molar-refractivity contribution is 9.10. The second-order valence-electron chi connectivity index (χ2n) is 4.12. The predicted octanol–water partition coefficient (Wildman–Crippen LogP) is 3.57. The molecular formula is C13H11BrF3N3. The molecule has 1 aromatic carbocycles. The van der Waals surface area contributed by atoms with Gasteiger partial charge >= 0.3 is 6.18 Å². The van der Waals surface area contributed by atoms with Gasteiger partial charge in [-0.25, -0.2) is 9.97 Å². The Morgan fingerprint density at radius 2 is 1.85 bits per heavy atom. The van der Waals surface area contributed by atoms with Crippen LogP contribution >= 0.6 is 15.9 Å². The van der Waals surface area contributed by atoms with Crippen molar-refractivity contribution in [2.45, 2.75) is 12.2 Å². The third kappa shape index (κ3) is 3.16. The molecule has 0 aliphatic rings. The highest BCUT2D eigenvalue weighted by Gasteiger charge is 2.35. The number of hydrogen-bond acceptors (Lipinski definition) is 3. The quantitative estimate of drug-likeness (QED) is 0.924. The molecule has 0 amide bonds. The lowest BCUT2D eigenvalue weighted by atomic mass is 9.96. The summed E-state index contributed by atoms with van der Waals surface area (Å²) in [5.74, 6) is 0. The minimum absolute atomic E-state index is 0.137. The fourth-order valence-electron chi connectivity index (χ4n) is 1.99. The molecule has 1 unspecified atom stereocenters. The predicted molar refractivity (Wildman–Crippen MR) is 72.1 cm³/mol. The number of rotatable bonds is 3. The van der Waals surface area contributed by atoms with Gasteiger partial charge in [-0.05, 0) is 24.7 Å². The molecule has 2 aromatic rings. The van der Waals surface area contributed by atoms with Crippen LogP contribution in [0.5, 0.6) is 0 Å². The first kappa shape index (κ1) is 14.9.